The van der Waals surface area contributed by atoms with E-state index in [1.807, 2.05) is 18.9 Å². The van der Waals surface area contributed by atoms with E-state index in [-0.39, 0.29) is 15.9 Å². The van der Waals surface area contributed by atoms with Crippen LogP contribution in [0.15, 0.2) is 35.2 Å². The lowest BCUT2D eigenvalue weighted by atomic mass is 10.2. The molecule has 3 nitrogen and oxygen atoms in total. The average molecular weight is 439 g/mol. The molecule has 1 aromatic rings. The van der Waals surface area contributed by atoms with Gasteiger partial charge in [-0.25, -0.2) is 0 Å². The Kier molecular flexibility index (Phi) is 9.74. The third-order valence-electron chi connectivity index (χ3n) is 6.77. The average Bonchev–Trinajstić information content (AvgIpc) is 2.70. The molecule has 1 fully saturated rings. The SMILES string of the molecule is COC(CCCCCOC1CCCCO1)(Sc1ccccc1)[Si](C)(C)C(C)(C)C. The fraction of sp³-hybridized carbons (Fsp3) is 0.750. The van der Waals surface area contributed by atoms with Gasteiger partial charge in [0.2, 0.25) is 0 Å². The molecule has 2 rings (SSSR count). The highest BCUT2D eigenvalue weighted by Gasteiger charge is 2.54. The number of methoxy groups -OCH3 is 1. The summed E-state index contributed by atoms with van der Waals surface area (Å²) in [4.78, 5) is 1.30. The van der Waals surface area contributed by atoms with Crippen molar-refractivity contribution in [2.24, 2.45) is 0 Å². The van der Waals surface area contributed by atoms with Crippen LogP contribution >= 0.6 is 11.8 Å². The van der Waals surface area contributed by atoms with E-state index in [9.17, 15) is 0 Å². The topological polar surface area (TPSA) is 27.7 Å². The number of thioether (sulfide) groups is 1. The maximum atomic E-state index is 6.41. The molecular formula is C24H42O3SSi. The summed E-state index contributed by atoms with van der Waals surface area (Å²) in [5, 5.41) is 0.256. The number of unbranched alkanes of at least 4 members (excludes halogenated alkanes) is 2. The fourth-order valence-electron chi connectivity index (χ4n) is 3.83. The summed E-state index contributed by atoms with van der Waals surface area (Å²) in [5.74, 6) is 0. The lowest BCUT2D eigenvalue weighted by Gasteiger charge is -2.51. The van der Waals surface area contributed by atoms with Gasteiger partial charge in [0, 0.05) is 25.2 Å². The molecule has 0 N–H and O–H groups in total. The zero-order valence-corrected chi connectivity index (χ0v) is 21.3. The van der Waals surface area contributed by atoms with E-state index in [0.29, 0.717) is 0 Å². The molecule has 1 aliphatic heterocycles. The normalized spacial score (nSPS) is 20.4. The van der Waals surface area contributed by atoms with Crippen LogP contribution in [0.2, 0.25) is 18.1 Å². The smallest absolute Gasteiger partial charge is 0.157 e. The van der Waals surface area contributed by atoms with Crippen molar-refractivity contribution in [3.8, 4) is 0 Å². The van der Waals surface area contributed by atoms with E-state index >= 15 is 0 Å². The van der Waals surface area contributed by atoms with Crippen LogP contribution < -0.4 is 0 Å². The van der Waals surface area contributed by atoms with Crippen LogP contribution in [0.5, 0.6) is 0 Å². The standard InChI is InChI=1S/C24H42O3SSi/c1-23(2,3)29(5,6)24(25-4,28-21-15-9-7-10-16-21)18-12-8-13-19-26-22-17-11-14-20-27-22/h7,9-10,15-16,22H,8,11-14,17-20H2,1-6H3. The second kappa shape index (κ2) is 11.3. The molecule has 0 saturated carbocycles. The molecule has 1 aromatic carbocycles. The minimum atomic E-state index is -1.77. The largest absolute Gasteiger partial charge is 0.371 e. The van der Waals surface area contributed by atoms with Crippen LogP contribution in [-0.2, 0) is 14.2 Å². The van der Waals surface area contributed by atoms with Gasteiger partial charge in [-0.15, -0.1) is 0 Å². The predicted molar refractivity (Wildman–Crippen MR) is 127 cm³/mol. The molecule has 2 atom stereocenters. The Hall–Kier alpha value is -0.333. The van der Waals surface area contributed by atoms with E-state index in [1.54, 1.807) is 0 Å². The maximum absolute atomic E-state index is 6.41. The molecule has 2 unspecified atom stereocenters. The fourth-order valence-corrected chi connectivity index (χ4v) is 9.59. The first kappa shape index (κ1) is 24.9. The number of hydrogen-bond acceptors (Lipinski definition) is 4. The molecule has 166 valence electrons. The zero-order chi connectivity index (χ0) is 21.4. The van der Waals surface area contributed by atoms with Crippen molar-refractivity contribution in [1.82, 2.24) is 0 Å². The highest BCUT2D eigenvalue weighted by molar-refractivity contribution is 8.02. The Morgan fingerprint density at radius 3 is 2.38 bits per heavy atom. The highest BCUT2D eigenvalue weighted by atomic mass is 32.2. The van der Waals surface area contributed by atoms with Crippen molar-refractivity contribution in [3.05, 3.63) is 30.3 Å². The maximum Gasteiger partial charge on any atom is 0.157 e. The van der Waals surface area contributed by atoms with Crippen molar-refractivity contribution >= 4 is 19.8 Å². The van der Waals surface area contributed by atoms with Crippen molar-refractivity contribution < 1.29 is 14.2 Å². The Morgan fingerprint density at radius 1 is 1.07 bits per heavy atom. The Balaban J connectivity index is 1.95. The van der Waals surface area contributed by atoms with Crippen molar-refractivity contribution in [2.75, 3.05) is 20.3 Å². The Morgan fingerprint density at radius 2 is 1.79 bits per heavy atom. The summed E-state index contributed by atoms with van der Waals surface area (Å²) < 4.78 is 17.8. The zero-order valence-electron chi connectivity index (χ0n) is 19.5. The molecule has 0 radical (unpaired) electrons. The summed E-state index contributed by atoms with van der Waals surface area (Å²) in [6.07, 6.45) is 7.98. The van der Waals surface area contributed by atoms with E-state index in [1.165, 1.54) is 24.2 Å². The Bertz CT molecular complexity index is 582. The van der Waals surface area contributed by atoms with Gasteiger partial charge in [-0.2, -0.15) is 0 Å². The van der Waals surface area contributed by atoms with Crippen LogP contribution in [0.25, 0.3) is 0 Å². The molecular weight excluding hydrogens is 396 g/mol. The third kappa shape index (κ3) is 6.83. The van der Waals surface area contributed by atoms with E-state index < -0.39 is 8.07 Å². The second-order valence-electron chi connectivity index (χ2n) is 9.72. The first-order chi connectivity index (χ1) is 13.7. The van der Waals surface area contributed by atoms with Crippen LogP contribution in [-0.4, -0.2) is 39.2 Å². The van der Waals surface area contributed by atoms with Gasteiger partial charge in [0.15, 0.2) is 6.29 Å². The lowest BCUT2D eigenvalue weighted by Crippen LogP contribution is -2.58. The van der Waals surface area contributed by atoms with Crippen LogP contribution in [0, 0.1) is 0 Å². The number of hydrogen-bond donors (Lipinski definition) is 0. The van der Waals surface area contributed by atoms with Crippen molar-refractivity contribution in [2.45, 2.75) is 99.6 Å². The predicted octanol–water partition coefficient (Wildman–Crippen LogP) is 7.27. The highest BCUT2D eigenvalue weighted by Crippen LogP contribution is 2.53. The molecule has 1 heterocycles. The molecule has 5 heteroatoms. The minimum Gasteiger partial charge on any atom is -0.371 e. The molecule has 0 aromatic heterocycles. The van der Waals surface area contributed by atoms with Gasteiger partial charge in [-0.05, 0) is 55.7 Å². The molecule has 0 aliphatic carbocycles. The number of ether oxygens (including phenoxy) is 3. The van der Waals surface area contributed by atoms with Crippen LogP contribution in [0.3, 0.4) is 0 Å². The number of benzene rings is 1. The second-order valence-corrected chi connectivity index (χ2v) is 17.0. The molecule has 0 amide bonds. The summed E-state index contributed by atoms with van der Waals surface area (Å²) in [5.41, 5.74) is 0. The Labute approximate surface area is 184 Å². The molecule has 0 spiro atoms. The van der Waals surface area contributed by atoms with E-state index in [0.717, 1.165) is 38.9 Å². The summed E-state index contributed by atoms with van der Waals surface area (Å²) >= 11 is 1.94. The lowest BCUT2D eigenvalue weighted by molar-refractivity contribution is -0.162. The van der Waals surface area contributed by atoms with Gasteiger partial charge < -0.3 is 14.2 Å². The first-order valence-electron chi connectivity index (χ1n) is 11.2. The van der Waals surface area contributed by atoms with Crippen molar-refractivity contribution in [3.63, 3.8) is 0 Å². The molecule has 1 saturated heterocycles. The summed E-state index contributed by atoms with van der Waals surface area (Å²) in [7, 11) is 0.143. The van der Waals surface area contributed by atoms with Gasteiger partial charge in [0.1, 0.15) is 12.6 Å². The third-order valence-corrected chi connectivity index (χ3v) is 15.9. The molecule has 1 aliphatic rings. The molecule has 29 heavy (non-hydrogen) atoms. The van der Waals surface area contributed by atoms with Crippen LogP contribution in [0.1, 0.15) is 65.7 Å². The number of rotatable bonds is 11. The van der Waals surface area contributed by atoms with Gasteiger partial charge in [-0.3, -0.25) is 0 Å². The monoisotopic (exact) mass is 438 g/mol. The summed E-state index contributed by atoms with van der Waals surface area (Å²) in [6.45, 7) is 13.8. The van der Waals surface area contributed by atoms with Crippen molar-refractivity contribution in [1.29, 1.82) is 0 Å². The quantitative estimate of drug-likeness (QED) is 0.157. The van der Waals surface area contributed by atoms with E-state index in [4.69, 9.17) is 14.2 Å². The van der Waals surface area contributed by atoms with Crippen LogP contribution in [0.4, 0.5) is 0 Å². The molecule has 0 bridgehead atoms. The van der Waals surface area contributed by atoms with Gasteiger partial charge in [0.05, 0.1) is 0 Å². The van der Waals surface area contributed by atoms with Gasteiger partial charge >= 0.3 is 0 Å². The van der Waals surface area contributed by atoms with E-state index in [2.05, 4.69) is 64.2 Å². The van der Waals surface area contributed by atoms with Gasteiger partial charge in [-0.1, -0.05) is 70.2 Å². The minimum absolute atomic E-state index is 0.0303. The summed E-state index contributed by atoms with van der Waals surface area (Å²) in [6, 6.07) is 10.8. The van der Waals surface area contributed by atoms with Gasteiger partial charge in [0.25, 0.3) is 0 Å². The first-order valence-corrected chi connectivity index (χ1v) is 15.1.